The van der Waals surface area contributed by atoms with E-state index in [0.717, 1.165) is 16.7 Å². The normalized spacial score (nSPS) is 12.5. The van der Waals surface area contributed by atoms with Gasteiger partial charge in [-0.1, -0.05) is 18.2 Å². The fourth-order valence-electron chi connectivity index (χ4n) is 2.04. The summed E-state index contributed by atoms with van der Waals surface area (Å²) in [6.45, 7) is 5.50. The molecule has 0 aliphatic rings. The second-order valence-corrected chi connectivity index (χ2v) is 4.94. The standard InChI is InChI=1S/C16H17F2N/c1-9-4-5-12(6-10(9)2)16(19)13-8-14(17)11(3)7-15(13)18/h4-8,16H,19H2,1-3H3. The van der Waals surface area contributed by atoms with Gasteiger partial charge in [0.25, 0.3) is 0 Å². The van der Waals surface area contributed by atoms with Crippen LogP contribution in [-0.4, -0.2) is 0 Å². The molecule has 2 aromatic carbocycles. The Labute approximate surface area is 112 Å². The molecule has 0 spiro atoms. The Morgan fingerprint density at radius 1 is 0.842 bits per heavy atom. The summed E-state index contributed by atoms with van der Waals surface area (Å²) < 4.78 is 27.5. The molecule has 19 heavy (non-hydrogen) atoms. The second kappa shape index (κ2) is 5.10. The van der Waals surface area contributed by atoms with Crippen LogP contribution in [0.15, 0.2) is 30.3 Å². The predicted molar refractivity (Wildman–Crippen MR) is 73.0 cm³/mol. The molecule has 1 unspecified atom stereocenters. The van der Waals surface area contributed by atoms with Crippen molar-refractivity contribution in [1.82, 2.24) is 0 Å². The molecule has 2 rings (SSSR count). The van der Waals surface area contributed by atoms with Crippen LogP contribution in [-0.2, 0) is 0 Å². The van der Waals surface area contributed by atoms with Crippen molar-refractivity contribution in [3.8, 4) is 0 Å². The number of halogens is 2. The highest BCUT2D eigenvalue weighted by Crippen LogP contribution is 2.25. The van der Waals surface area contributed by atoms with Crippen LogP contribution in [0.3, 0.4) is 0 Å². The van der Waals surface area contributed by atoms with Crippen LogP contribution in [0.25, 0.3) is 0 Å². The van der Waals surface area contributed by atoms with Crippen molar-refractivity contribution in [2.24, 2.45) is 5.73 Å². The monoisotopic (exact) mass is 261 g/mol. The lowest BCUT2D eigenvalue weighted by Crippen LogP contribution is -2.14. The van der Waals surface area contributed by atoms with Gasteiger partial charge in [0.05, 0.1) is 6.04 Å². The quantitative estimate of drug-likeness (QED) is 0.870. The molecule has 2 aromatic rings. The highest BCUT2D eigenvalue weighted by Gasteiger charge is 2.16. The first-order valence-electron chi connectivity index (χ1n) is 6.18. The number of hydrogen-bond donors (Lipinski definition) is 1. The summed E-state index contributed by atoms with van der Waals surface area (Å²) in [6.07, 6.45) is 0. The van der Waals surface area contributed by atoms with Crippen molar-refractivity contribution in [3.63, 3.8) is 0 Å². The molecule has 0 saturated carbocycles. The van der Waals surface area contributed by atoms with Crippen molar-refractivity contribution in [2.45, 2.75) is 26.8 Å². The van der Waals surface area contributed by atoms with Crippen molar-refractivity contribution in [3.05, 3.63) is 69.8 Å². The van der Waals surface area contributed by atoms with Gasteiger partial charge in [0.1, 0.15) is 11.6 Å². The Balaban J connectivity index is 2.46. The number of nitrogens with two attached hydrogens (primary N) is 1. The molecular formula is C16H17F2N. The van der Waals surface area contributed by atoms with Crippen LogP contribution in [0.1, 0.15) is 33.9 Å². The van der Waals surface area contributed by atoms with Crippen LogP contribution in [0.2, 0.25) is 0 Å². The van der Waals surface area contributed by atoms with E-state index in [1.165, 1.54) is 19.1 Å². The van der Waals surface area contributed by atoms with Gasteiger partial charge in [-0.05, 0) is 55.2 Å². The van der Waals surface area contributed by atoms with Crippen molar-refractivity contribution in [2.75, 3.05) is 0 Å². The molecule has 0 aromatic heterocycles. The third-order valence-electron chi connectivity index (χ3n) is 3.50. The summed E-state index contributed by atoms with van der Waals surface area (Å²) >= 11 is 0. The lowest BCUT2D eigenvalue weighted by molar-refractivity contribution is 0.570. The SMILES string of the molecule is Cc1ccc(C(N)c2cc(F)c(C)cc2F)cc1C. The van der Waals surface area contributed by atoms with Gasteiger partial charge in [0, 0.05) is 5.56 Å². The topological polar surface area (TPSA) is 26.0 Å². The maximum absolute atomic E-state index is 13.9. The Morgan fingerprint density at radius 3 is 2.16 bits per heavy atom. The lowest BCUT2D eigenvalue weighted by Gasteiger charge is -2.16. The van der Waals surface area contributed by atoms with Crippen LogP contribution >= 0.6 is 0 Å². The Morgan fingerprint density at radius 2 is 1.53 bits per heavy atom. The molecule has 0 aliphatic carbocycles. The summed E-state index contributed by atoms with van der Waals surface area (Å²) in [5.74, 6) is -0.902. The molecule has 0 saturated heterocycles. The minimum absolute atomic E-state index is 0.186. The van der Waals surface area contributed by atoms with Crippen molar-refractivity contribution in [1.29, 1.82) is 0 Å². The van der Waals surface area contributed by atoms with Gasteiger partial charge >= 0.3 is 0 Å². The molecule has 3 heteroatoms. The average molecular weight is 261 g/mol. The predicted octanol–water partition coefficient (Wildman–Crippen LogP) is 3.94. The first kappa shape index (κ1) is 13.7. The Kier molecular flexibility index (Phi) is 3.67. The Bertz CT molecular complexity index is 620. The van der Waals surface area contributed by atoms with E-state index in [9.17, 15) is 8.78 Å². The van der Waals surface area contributed by atoms with E-state index in [1.54, 1.807) is 0 Å². The fraction of sp³-hybridized carbons (Fsp3) is 0.250. The van der Waals surface area contributed by atoms with E-state index < -0.39 is 17.7 Å². The maximum atomic E-state index is 13.9. The Hall–Kier alpha value is -1.74. The molecule has 0 bridgehead atoms. The largest absolute Gasteiger partial charge is 0.320 e. The number of aryl methyl sites for hydroxylation is 3. The molecule has 0 aliphatic heterocycles. The minimum atomic E-state index is -0.658. The second-order valence-electron chi connectivity index (χ2n) is 4.94. The number of rotatable bonds is 2. The van der Waals surface area contributed by atoms with Crippen LogP contribution in [0.5, 0.6) is 0 Å². The van der Waals surface area contributed by atoms with E-state index in [-0.39, 0.29) is 11.1 Å². The first-order chi connectivity index (χ1) is 8.90. The fourth-order valence-corrected chi connectivity index (χ4v) is 2.04. The molecule has 1 nitrogen and oxygen atoms in total. The zero-order chi connectivity index (χ0) is 14.2. The van der Waals surface area contributed by atoms with Gasteiger partial charge in [-0.2, -0.15) is 0 Å². The molecule has 0 amide bonds. The van der Waals surface area contributed by atoms with Crippen molar-refractivity contribution < 1.29 is 8.78 Å². The third-order valence-corrected chi connectivity index (χ3v) is 3.50. The van der Waals surface area contributed by atoms with Gasteiger partial charge in [0.2, 0.25) is 0 Å². The average Bonchev–Trinajstić information content (AvgIpc) is 2.36. The molecule has 0 fully saturated rings. The molecule has 100 valence electrons. The minimum Gasteiger partial charge on any atom is -0.320 e. The zero-order valence-corrected chi connectivity index (χ0v) is 11.3. The zero-order valence-electron chi connectivity index (χ0n) is 11.3. The van der Waals surface area contributed by atoms with Gasteiger partial charge in [0.15, 0.2) is 0 Å². The van der Waals surface area contributed by atoms with E-state index in [1.807, 2.05) is 32.0 Å². The van der Waals surface area contributed by atoms with E-state index >= 15 is 0 Å². The number of benzene rings is 2. The summed E-state index contributed by atoms with van der Waals surface area (Å²) in [6, 6.07) is 7.42. The van der Waals surface area contributed by atoms with Gasteiger partial charge in [-0.3, -0.25) is 0 Å². The molecule has 1 atom stereocenters. The first-order valence-corrected chi connectivity index (χ1v) is 6.18. The van der Waals surface area contributed by atoms with Crippen LogP contribution in [0, 0.1) is 32.4 Å². The summed E-state index contributed by atoms with van der Waals surface area (Å²) in [5, 5.41) is 0. The molecule has 0 heterocycles. The van der Waals surface area contributed by atoms with E-state index in [0.29, 0.717) is 0 Å². The van der Waals surface area contributed by atoms with Gasteiger partial charge in [-0.15, -0.1) is 0 Å². The summed E-state index contributed by atoms with van der Waals surface area (Å²) in [7, 11) is 0. The van der Waals surface area contributed by atoms with Gasteiger partial charge in [-0.25, -0.2) is 8.78 Å². The molecular weight excluding hydrogens is 244 g/mol. The smallest absolute Gasteiger partial charge is 0.128 e. The highest BCUT2D eigenvalue weighted by atomic mass is 19.1. The highest BCUT2D eigenvalue weighted by molar-refractivity contribution is 5.38. The van der Waals surface area contributed by atoms with Crippen LogP contribution < -0.4 is 5.73 Å². The maximum Gasteiger partial charge on any atom is 0.128 e. The lowest BCUT2D eigenvalue weighted by atomic mass is 9.95. The van der Waals surface area contributed by atoms with Crippen LogP contribution in [0.4, 0.5) is 8.78 Å². The molecule has 2 N–H and O–H groups in total. The summed E-state index contributed by atoms with van der Waals surface area (Å²) in [5.41, 5.74) is 9.53. The van der Waals surface area contributed by atoms with Gasteiger partial charge < -0.3 is 5.73 Å². The van der Waals surface area contributed by atoms with E-state index in [4.69, 9.17) is 5.73 Å². The number of hydrogen-bond acceptors (Lipinski definition) is 1. The summed E-state index contributed by atoms with van der Waals surface area (Å²) in [4.78, 5) is 0. The van der Waals surface area contributed by atoms with E-state index in [2.05, 4.69) is 0 Å². The third kappa shape index (κ3) is 2.66. The van der Waals surface area contributed by atoms with Crippen molar-refractivity contribution >= 4 is 0 Å². The molecule has 0 radical (unpaired) electrons.